The molecular weight excluding hydrogens is 185 g/mol. The van der Waals surface area contributed by atoms with E-state index in [4.69, 9.17) is 5.73 Å². The summed E-state index contributed by atoms with van der Waals surface area (Å²) in [4.78, 5) is 0. The molecule has 0 aliphatic rings. The molecule has 0 radical (unpaired) electrons. The highest BCUT2D eigenvalue weighted by atomic mass is 35.5. The van der Waals surface area contributed by atoms with Crippen LogP contribution in [-0.4, -0.2) is 16.2 Å². The molecule has 3 N–H and O–H groups in total. The second-order valence-corrected chi connectivity index (χ2v) is 2.29. The lowest BCUT2D eigenvalue weighted by Gasteiger charge is -1.98. The lowest BCUT2D eigenvalue weighted by atomic mass is 10.2. The van der Waals surface area contributed by atoms with E-state index in [-0.39, 0.29) is 30.9 Å². The maximum absolute atomic E-state index is 5.54. The standard InChI is InChI=1S/C6H11N3.2ClH/c1-5(7)2-6-3-8-9-4-6;;/h3-5H,2,7H2,1H3,(H,8,9);2*1H/t5-;;/m0../s1. The molecule has 0 saturated heterocycles. The number of nitrogens with one attached hydrogen (secondary N) is 1. The number of nitrogens with two attached hydrogens (primary N) is 1. The van der Waals surface area contributed by atoms with Crippen LogP contribution in [0.1, 0.15) is 12.5 Å². The number of hydrogen-bond donors (Lipinski definition) is 2. The molecule has 0 bridgehead atoms. The summed E-state index contributed by atoms with van der Waals surface area (Å²) in [5, 5.41) is 6.52. The number of aromatic amines is 1. The molecule has 0 amide bonds. The summed E-state index contributed by atoms with van der Waals surface area (Å²) in [6.07, 6.45) is 4.56. The van der Waals surface area contributed by atoms with Gasteiger partial charge in [0.15, 0.2) is 0 Å². The third-order valence-electron chi connectivity index (χ3n) is 1.11. The molecule has 1 heterocycles. The van der Waals surface area contributed by atoms with Crippen molar-refractivity contribution >= 4 is 24.8 Å². The van der Waals surface area contributed by atoms with Crippen LogP contribution in [-0.2, 0) is 6.42 Å². The molecule has 1 aromatic heterocycles. The van der Waals surface area contributed by atoms with Crippen LogP contribution in [0.25, 0.3) is 0 Å². The van der Waals surface area contributed by atoms with E-state index in [1.54, 1.807) is 6.20 Å². The molecule has 0 aliphatic heterocycles. The first kappa shape index (κ1) is 13.3. The molecule has 1 rings (SSSR count). The Labute approximate surface area is 78.6 Å². The minimum absolute atomic E-state index is 0. The van der Waals surface area contributed by atoms with E-state index in [1.807, 2.05) is 13.1 Å². The zero-order valence-electron chi connectivity index (χ0n) is 6.28. The molecule has 0 aliphatic carbocycles. The first-order chi connectivity index (χ1) is 4.29. The van der Waals surface area contributed by atoms with Crippen molar-refractivity contribution in [1.29, 1.82) is 0 Å². The van der Waals surface area contributed by atoms with E-state index in [0.717, 1.165) is 6.42 Å². The predicted octanol–water partition coefficient (Wildman–Crippen LogP) is 1.14. The number of halogens is 2. The first-order valence-corrected chi connectivity index (χ1v) is 3.02. The number of aromatic nitrogens is 2. The SMILES string of the molecule is C[C@H](N)Cc1cn[nH]c1.Cl.Cl. The molecule has 66 valence electrons. The highest BCUT2D eigenvalue weighted by Crippen LogP contribution is 1.96. The molecule has 3 nitrogen and oxygen atoms in total. The molecule has 1 atom stereocenters. The molecule has 1 aromatic rings. The van der Waals surface area contributed by atoms with Crippen LogP contribution >= 0.6 is 24.8 Å². The predicted molar refractivity (Wildman–Crippen MR) is 50.4 cm³/mol. The van der Waals surface area contributed by atoms with Gasteiger partial charge in [-0.3, -0.25) is 5.10 Å². The van der Waals surface area contributed by atoms with Gasteiger partial charge in [-0.2, -0.15) is 5.10 Å². The van der Waals surface area contributed by atoms with Crippen LogP contribution in [0.4, 0.5) is 0 Å². The fraction of sp³-hybridized carbons (Fsp3) is 0.500. The molecule has 0 spiro atoms. The van der Waals surface area contributed by atoms with Crippen molar-refractivity contribution in [2.24, 2.45) is 5.73 Å². The van der Waals surface area contributed by atoms with Gasteiger partial charge >= 0.3 is 0 Å². The fourth-order valence-corrected chi connectivity index (χ4v) is 0.761. The van der Waals surface area contributed by atoms with Gasteiger partial charge in [-0.15, -0.1) is 24.8 Å². The Morgan fingerprint density at radius 1 is 1.64 bits per heavy atom. The lowest BCUT2D eigenvalue weighted by Crippen LogP contribution is -2.17. The molecule has 0 aromatic carbocycles. The molecule has 5 heteroatoms. The third-order valence-corrected chi connectivity index (χ3v) is 1.11. The Hall–Kier alpha value is -0.250. The van der Waals surface area contributed by atoms with Gasteiger partial charge in [0.1, 0.15) is 0 Å². The monoisotopic (exact) mass is 197 g/mol. The third kappa shape index (κ3) is 5.07. The van der Waals surface area contributed by atoms with Crippen LogP contribution in [0, 0.1) is 0 Å². The summed E-state index contributed by atoms with van der Waals surface area (Å²) in [6, 6.07) is 0.225. The van der Waals surface area contributed by atoms with Crippen molar-refractivity contribution < 1.29 is 0 Å². The highest BCUT2D eigenvalue weighted by molar-refractivity contribution is 5.85. The van der Waals surface area contributed by atoms with Crippen LogP contribution in [0.3, 0.4) is 0 Å². The average Bonchev–Trinajstić information content (AvgIpc) is 2.15. The molecule has 0 saturated carbocycles. The van der Waals surface area contributed by atoms with E-state index >= 15 is 0 Å². The molecular formula is C6H13Cl2N3. The van der Waals surface area contributed by atoms with Crippen molar-refractivity contribution in [3.8, 4) is 0 Å². The minimum atomic E-state index is 0. The zero-order valence-corrected chi connectivity index (χ0v) is 7.91. The largest absolute Gasteiger partial charge is 0.328 e. The van der Waals surface area contributed by atoms with Crippen LogP contribution in [0.5, 0.6) is 0 Å². The Kier molecular flexibility index (Phi) is 7.84. The van der Waals surface area contributed by atoms with Crippen molar-refractivity contribution in [3.63, 3.8) is 0 Å². The topological polar surface area (TPSA) is 54.7 Å². The summed E-state index contributed by atoms with van der Waals surface area (Å²) in [5.74, 6) is 0. The Balaban J connectivity index is 0. The van der Waals surface area contributed by atoms with Crippen LogP contribution in [0.15, 0.2) is 12.4 Å². The van der Waals surface area contributed by atoms with E-state index in [9.17, 15) is 0 Å². The smallest absolute Gasteiger partial charge is 0.0519 e. The van der Waals surface area contributed by atoms with Gasteiger partial charge in [0, 0.05) is 12.2 Å². The molecule has 0 unspecified atom stereocenters. The number of rotatable bonds is 2. The van der Waals surface area contributed by atoms with E-state index in [0.29, 0.717) is 0 Å². The van der Waals surface area contributed by atoms with Crippen LogP contribution in [0.2, 0.25) is 0 Å². The van der Waals surface area contributed by atoms with Gasteiger partial charge in [-0.1, -0.05) is 0 Å². The second-order valence-electron chi connectivity index (χ2n) is 2.29. The fourth-order valence-electron chi connectivity index (χ4n) is 0.761. The highest BCUT2D eigenvalue weighted by Gasteiger charge is 1.96. The number of H-pyrrole nitrogens is 1. The summed E-state index contributed by atoms with van der Waals surface area (Å²) in [6.45, 7) is 1.98. The minimum Gasteiger partial charge on any atom is -0.328 e. The zero-order chi connectivity index (χ0) is 6.69. The van der Waals surface area contributed by atoms with Crippen molar-refractivity contribution in [2.75, 3.05) is 0 Å². The normalized spacial score (nSPS) is 11.1. The van der Waals surface area contributed by atoms with Crippen LogP contribution < -0.4 is 5.73 Å². The maximum atomic E-state index is 5.54. The Morgan fingerprint density at radius 3 is 2.64 bits per heavy atom. The summed E-state index contributed by atoms with van der Waals surface area (Å²) < 4.78 is 0. The summed E-state index contributed by atoms with van der Waals surface area (Å²) in [7, 11) is 0. The van der Waals surface area contributed by atoms with Gasteiger partial charge in [0.05, 0.1) is 6.20 Å². The summed E-state index contributed by atoms with van der Waals surface area (Å²) in [5.41, 5.74) is 6.71. The van der Waals surface area contributed by atoms with Crippen molar-refractivity contribution in [1.82, 2.24) is 10.2 Å². The van der Waals surface area contributed by atoms with Gasteiger partial charge in [0.25, 0.3) is 0 Å². The lowest BCUT2D eigenvalue weighted by molar-refractivity contribution is 0.738. The molecule has 11 heavy (non-hydrogen) atoms. The van der Waals surface area contributed by atoms with Gasteiger partial charge in [-0.25, -0.2) is 0 Å². The maximum Gasteiger partial charge on any atom is 0.0519 e. The van der Waals surface area contributed by atoms with Gasteiger partial charge in [0.2, 0.25) is 0 Å². The van der Waals surface area contributed by atoms with Gasteiger partial charge < -0.3 is 5.73 Å². The van der Waals surface area contributed by atoms with E-state index in [1.165, 1.54) is 5.56 Å². The van der Waals surface area contributed by atoms with Crippen molar-refractivity contribution in [2.45, 2.75) is 19.4 Å². The Morgan fingerprint density at radius 2 is 2.27 bits per heavy atom. The second kappa shape index (κ2) is 6.46. The number of nitrogens with zero attached hydrogens (tertiary/aromatic N) is 1. The number of hydrogen-bond acceptors (Lipinski definition) is 2. The average molecular weight is 198 g/mol. The quantitative estimate of drug-likeness (QED) is 0.748. The van der Waals surface area contributed by atoms with Crippen molar-refractivity contribution in [3.05, 3.63) is 18.0 Å². The molecule has 0 fully saturated rings. The van der Waals surface area contributed by atoms with Gasteiger partial charge in [-0.05, 0) is 18.9 Å². The Bertz CT molecular complexity index is 162. The van der Waals surface area contributed by atoms with E-state index in [2.05, 4.69) is 10.2 Å². The first-order valence-electron chi connectivity index (χ1n) is 3.02. The van der Waals surface area contributed by atoms with E-state index < -0.39 is 0 Å². The summed E-state index contributed by atoms with van der Waals surface area (Å²) >= 11 is 0.